The molecule has 0 spiro atoms. The van der Waals surface area contributed by atoms with Gasteiger partial charge in [0.15, 0.2) is 0 Å². The minimum absolute atomic E-state index is 0.222. The van der Waals surface area contributed by atoms with Gasteiger partial charge in [0.05, 0.1) is 0 Å². The van der Waals surface area contributed by atoms with Crippen molar-refractivity contribution in [3.05, 3.63) is 48.3 Å². The summed E-state index contributed by atoms with van der Waals surface area (Å²) in [6.07, 6.45) is 1.53. The second kappa shape index (κ2) is 5.86. The maximum absolute atomic E-state index is 11.7. The lowest BCUT2D eigenvalue weighted by Gasteiger charge is -2.07. The Morgan fingerprint density at radius 3 is 2.84 bits per heavy atom. The average Bonchev–Trinajstić information content (AvgIpc) is 2.39. The third-order valence-corrected chi connectivity index (χ3v) is 2.40. The number of amides is 1. The van der Waals surface area contributed by atoms with Crippen LogP contribution in [-0.4, -0.2) is 17.4 Å². The van der Waals surface area contributed by atoms with E-state index in [4.69, 9.17) is 10.5 Å². The van der Waals surface area contributed by atoms with Crippen LogP contribution in [0.25, 0.3) is 0 Å². The number of nitrogen functional groups attached to an aromatic ring is 1. The van der Waals surface area contributed by atoms with Crippen molar-refractivity contribution in [1.29, 1.82) is 0 Å². The lowest BCUT2D eigenvalue weighted by molar-refractivity contribution is 0.0950. The van der Waals surface area contributed by atoms with Crippen LogP contribution in [0.3, 0.4) is 0 Å². The Balaban J connectivity index is 2.17. The number of hydrogen-bond donors (Lipinski definition) is 2. The number of ether oxygens (including phenoxy) is 1. The number of anilines is 1. The molecule has 0 unspecified atom stereocenters. The zero-order valence-electron chi connectivity index (χ0n) is 10.6. The van der Waals surface area contributed by atoms with Crippen molar-refractivity contribution >= 4 is 11.6 Å². The van der Waals surface area contributed by atoms with Crippen molar-refractivity contribution in [2.24, 2.45) is 0 Å². The molecule has 5 heteroatoms. The van der Waals surface area contributed by atoms with Crippen molar-refractivity contribution in [2.75, 3.05) is 12.3 Å². The van der Waals surface area contributed by atoms with Gasteiger partial charge in [-0.3, -0.25) is 9.78 Å². The van der Waals surface area contributed by atoms with E-state index in [2.05, 4.69) is 10.3 Å². The van der Waals surface area contributed by atoms with E-state index < -0.39 is 0 Å². The molecule has 2 aromatic rings. The summed E-state index contributed by atoms with van der Waals surface area (Å²) >= 11 is 0. The number of nitrogens with zero attached hydrogens (tertiary/aromatic N) is 1. The topological polar surface area (TPSA) is 77.2 Å². The third-order valence-electron chi connectivity index (χ3n) is 2.40. The Hall–Kier alpha value is -2.56. The van der Waals surface area contributed by atoms with Crippen LogP contribution < -0.4 is 15.8 Å². The number of benzene rings is 1. The highest BCUT2D eigenvalue weighted by Crippen LogP contribution is 2.23. The Morgan fingerprint density at radius 1 is 1.32 bits per heavy atom. The third kappa shape index (κ3) is 3.45. The molecule has 0 aliphatic heterocycles. The summed E-state index contributed by atoms with van der Waals surface area (Å²) in [5, 5.41) is 2.69. The van der Waals surface area contributed by atoms with Crippen LogP contribution in [0.2, 0.25) is 0 Å². The lowest BCUT2D eigenvalue weighted by atomic mass is 10.3. The van der Waals surface area contributed by atoms with Crippen molar-refractivity contribution in [3.8, 4) is 11.5 Å². The zero-order chi connectivity index (χ0) is 13.7. The Morgan fingerprint density at radius 2 is 2.11 bits per heavy atom. The summed E-state index contributed by atoms with van der Waals surface area (Å²) in [5.41, 5.74) is 6.62. The first kappa shape index (κ1) is 12.9. The van der Waals surface area contributed by atoms with Crippen molar-refractivity contribution in [2.45, 2.75) is 6.92 Å². The first-order valence-corrected chi connectivity index (χ1v) is 5.96. The maximum atomic E-state index is 11.7. The van der Waals surface area contributed by atoms with Crippen LogP contribution in [0.5, 0.6) is 11.5 Å². The summed E-state index contributed by atoms with van der Waals surface area (Å²) in [6, 6.07) is 10.4. The molecular formula is C14H15N3O2. The monoisotopic (exact) mass is 257 g/mol. The molecule has 0 atom stereocenters. The van der Waals surface area contributed by atoms with Crippen molar-refractivity contribution in [3.63, 3.8) is 0 Å². The van der Waals surface area contributed by atoms with E-state index in [1.807, 2.05) is 6.92 Å². The summed E-state index contributed by atoms with van der Waals surface area (Å²) in [4.78, 5) is 15.7. The number of carbonyl (C=O) groups excluding carboxylic acids is 1. The molecule has 0 aliphatic rings. The number of carbonyl (C=O) groups is 1. The summed E-state index contributed by atoms with van der Waals surface area (Å²) in [5.74, 6) is 0.940. The Bertz CT molecular complexity index is 584. The van der Waals surface area contributed by atoms with Gasteiger partial charge < -0.3 is 15.8 Å². The largest absolute Gasteiger partial charge is 0.457 e. The van der Waals surface area contributed by atoms with Gasteiger partial charge in [-0.25, -0.2) is 0 Å². The second-order valence-electron chi connectivity index (χ2n) is 3.91. The lowest BCUT2D eigenvalue weighted by Crippen LogP contribution is -2.23. The van der Waals surface area contributed by atoms with Crippen molar-refractivity contribution < 1.29 is 9.53 Å². The van der Waals surface area contributed by atoms with E-state index in [1.54, 1.807) is 36.4 Å². The highest BCUT2D eigenvalue weighted by Gasteiger charge is 2.07. The van der Waals surface area contributed by atoms with E-state index in [0.717, 1.165) is 0 Å². The van der Waals surface area contributed by atoms with Crippen LogP contribution in [-0.2, 0) is 0 Å². The maximum Gasteiger partial charge on any atom is 0.270 e. The molecule has 0 saturated carbocycles. The summed E-state index contributed by atoms with van der Waals surface area (Å²) in [7, 11) is 0. The van der Waals surface area contributed by atoms with Gasteiger partial charge in [-0.2, -0.15) is 0 Å². The second-order valence-corrected chi connectivity index (χ2v) is 3.91. The molecule has 1 aromatic carbocycles. The van der Waals surface area contributed by atoms with Crippen molar-refractivity contribution in [1.82, 2.24) is 10.3 Å². The van der Waals surface area contributed by atoms with Gasteiger partial charge in [0, 0.05) is 30.6 Å². The van der Waals surface area contributed by atoms with Crippen LogP contribution >= 0.6 is 0 Å². The van der Waals surface area contributed by atoms with Gasteiger partial charge in [0.25, 0.3) is 5.91 Å². The molecule has 0 bridgehead atoms. The van der Waals surface area contributed by atoms with Crippen LogP contribution in [0.1, 0.15) is 17.4 Å². The predicted octanol–water partition coefficient (Wildman–Crippen LogP) is 2.21. The van der Waals surface area contributed by atoms with Gasteiger partial charge >= 0.3 is 0 Å². The highest BCUT2D eigenvalue weighted by molar-refractivity contribution is 5.92. The standard InChI is InChI=1S/C14H15N3O2/c1-2-16-14(18)13-9-12(6-7-17-13)19-11-5-3-4-10(15)8-11/h3-9H,2,15H2,1H3,(H,16,18). The Labute approximate surface area is 111 Å². The molecule has 1 heterocycles. The van der Waals surface area contributed by atoms with Gasteiger partial charge in [0.1, 0.15) is 17.2 Å². The highest BCUT2D eigenvalue weighted by atomic mass is 16.5. The van der Waals surface area contributed by atoms with Crippen LogP contribution in [0.4, 0.5) is 5.69 Å². The fourth-order valence-corrected chi connectivity index (χ4v) is 1.56. The molecular weight excluding hydrogens is 242 g/mol. The zero-order valence-corrected chi connectivity index (χ0v) is 10.6. The molecule has 5 nitrogen and oxygen atoms in total. The number of nitrogens with one attached hydrogen (secondary N) is 1. The number of pyridine rings is 1. The number of rotatable bonds is 4. The molecule has 1 amide bonds. The van der Waals surface area contributed by atoms with E-state index in [0.29, 0.717) is 29.4 Å². The van der Waals surface area contributed by atoms with E-state index in [1.165, 1.54) is 6.20 Å². The fraction of sp³-hybridized carbons (Fsp3) is 0.143. The predicted molar refractivity (Wildman–Crippen MR) is 73.2 cm³/mol. The van der Waals surface area contributed by atoms with Gasteiger partial charge in [-0.15, -0.1) is 0 Å². The summed E-state index contributed by atoms with van der Waals surface area (Å²) in [6.45, 7) is 2.41. The quantitative estimate of drug-likeness (QED) is 0.823. The number of nitrogens with two attached hydrogens (primary N) is 1. The van der Waals surface area contributed by atoms with Crippen LogP contribution in [0.15, 0.2) is 42.6 Å². The van der Waals surface area contributed by atoms with Crippen LogP contribution in [0, 0.1) is 0 Å². The van der Waals surface area contributed by atoms with Gasteiger partial charge in [0.2, 0.25) is 0 Å². The average molecular weight is 257 g/mol. The SMILES string of the molecule is CCNC(=O)c1cc(Oc2cccc(N)c2)ccn1. The van der Waals surface area contributed by atoms with Gasteiger partial charge in [-0.05, 0) is 25.1 Å². The molecule has 19 heavy (non-hydrogen) atoms. The molecule has 0 saturated heterocycles. The minimum Gasteiger partial charge on any atom is -0.457 e. The Kier molecular flexibility index (Phi) is 3.97. The first-order valence-electron chi connectivity index (χ1n) is 5.96. The summed E-state index contributed by atoms with van der Waals surface area (Å²) < 4.78 is 5.63. The number of aromatic nitrogens is 1. The number of hydrogen-bond acceptors (Lipinski definition) is 4. The molecule has 98 valence electrons. The van der Waals surface area contributed by atoms with Gasteiger partial charge in [-0.1, -0.05) is 6.07 Å². The van der Waals surface area contributed by atoms with E-state index >= 15 is 0 Å². The first-order chi connectivity index (χ1) is 9.19. The smallest absolute Gasteiger partial charge is 0.270 e. The molecule has 1 aromatic heterocycles. The minimum atomic E-state index is -0.222. The van der Waals surface area contributed by atoms with E-state index in [-0.39, 0.29) is 5.91 Å². The molecule has 2 rings (SSSR count). The normalized spacial score (nSPS) is 9.95. The molecule has 0 radical (unpaired) electrons. The molecule has 0 aliphatic carbocycles. The molecule has 0 fully saturated rings. The molecule has 3 N–H and O–H groups in total. The van der Waals surface area contributed by atoms with E-state index in [9.17, 15) is 4.79 Å². The fourth-order valence-electron chi connectivity index (χ4n) is 1.56.